The van der Waals surface area contributed by atoms with Gasteiger partial charge in [-0.25, -0.2) is 9.59 Å². The number of amides is 8. The van der Waals surface area contributed by atoms with Crippen molar-refractivity contribution in [1.82, 2.24) is 42.1 Å². The maximum atomic E-state index is 16.5. The van der Waals surface area contributed by atoms with E-state index in [9.17, 15) is 60.3 Å². The van der Waals surface area contributed by atoms with Crippen molar-refractivity contribution >= 4 is 122 Å². The van der Waals surface area contributed by atoms with E-state index in [0.29, 0.717) is 15.8 Å². The summed E-state index contributed by atoms with van der Waals surface area (Å²) < 4.78 is 52.3. The molecule has 8 aliphatic rings. The minimum absolute atomic E-state index is 0.0478. The number of aliphatic carboxylic acids is 1. The summed E-state index contributed by atoms with van der Waals surface area (Å²) in [5.41, 5.74) is 6.86. The maximum Gasteiger partial charge on any atom is 0.410 e. The standard InChI is InChI=1S/C95H94Cl4IN9O26/c1-41(2)26-63(109(5)94(127)129-40-57-53-12-8-6-10-51(53)52-11-7-9-13-54(52)57)87(120)107-77-79(114)46-18-24-66(60(98)29-46)131-68-31-48-32-69(83(68)135-93-84(82(117)81(116)70(37-100)133-93)134-72-36-95(4,85(118)42(3)130-72)102-38-43-14-20-50(21-15-43)128-39-44-16-22-58(96)59(97)27-44)132-67-25-19-47(30-61(67)99)80(115)78-91(124)106-76(92(125)126)56-33-49(110)34-65(112)73(56)55-28-45(17-23-64(55)111)74(88(121)108-78)105-89(122)75(48)104-86(119)62(35-71(101)113)103-90(77)123/h6-25,27-34,41-42,57,62-63,70,72,74-82,84-85,93,102,110-112,114-118H,26,35-40H2,1-5H3,(H2,101,113)(H,103,123)(H,104,119)(H,105,122)(H,106,124)(H,107,120)(H,108,121)(H,125,126)/t42?,62-,63+,70?,72?,74+,75+,76+,77+,78-,79+,80+,81?,82?,84?,85?,93?,95?/m0/s1. The molecular weight excluding hydrogens is 1950 g/mol. The minimum Gasteiger partial charge on any atom is -0.508 e. The summed E-state index contributed by atoms with van der Waals surface area (Å²) in [6.45, 7) is 6.98. The second-order valence-corrected chi connectivity index (χ2v) is 36.7. The Morgan fingerprint density at radius 3 is 1.86 bits per heavy atom. The predicted octanol–water partition coefficient (Wildman–Crippen LogP) is 9.93. The van der Waals surface area contributed by atoms with Gasteiger partial charge >= 0.3 is 12.1 Å². The molecule has 11 bridgehead atoms. The Balaban J connectivity index is 0.847. The summed E-state index contributed by atoms with van der Waals surface area (Å²) in [4.78, 5) is 137. The van der Waals surface area contributed by atoms with Gasteiger partial charge in [0.25, 0.3) is 0 Å². The Morgan fingerprint density at radius 2 is 1.24 bits per heavy atom. The molecule has 7 heterocycles. The van der Waals surface area contributed by atoms with Crippen molar-refractivity contribution < 1.29 is 127 Å². The smallest absolute Gasteiger partial charge is 0.410 e. The first kappa shape index (κ1) is 97.7. The molecule has 18 atom stereocenters. The quantitative estimate of drug-likeness (QED) is 0.0235. The summed E-state index contributed by atoms with van der Waals surface area (Å²) in [7, 11) is 1.30. The second kappa shape index (κ2) is 41.0. The van der Waals surface area contributed by atoms with E-state index in [4.69, 9.17) is 90.0 Å². The van der Waals surface area contributed by atoms with E-state index in [2.05, 4.69) is 37.2 Å². The number of halogens is 5. The van der Waals surface area contributed by atoms with Gasteiger partial charge in [0.05, 0.1) is 44.8 Å². The minimum atomic E-state index is -2.41. The van der Waals surface area contributed by atoms with E-state index in [1.54, 1.807) is 58.0 Å². The van der Waals surface area contributed by atoms with Gasteiger partial charge in [0.1, 0.15) is 108 Å². The van der Waals surface area contributed by atoms with E-state index >= 15 is 28.8 Å². The van der Waals surface area contributed by atoms with Gasteiger partial charge in [-0.15, -0.1) is 0 Å². The number of benzene rings is 9. The van der Waals surface area contributed by atoms with E-state index in [-0.39, 0.29) is 65.4 Å². The van der Waals surface area contributed by atoms with Gasteiger partial charge in [0, 0.05) is 58.7 Å². The number of hydrogen-bond donors (Lipinski definition) is 17. The number of aliphatic hydroxyl groups excluding tert-OH is 5. The second-order valence-electron chi connectivity index (χ2n) is 34.2. The average Bonchev–Trinajstić information content (AvgIpc) is 1.42. The molecule has 9 aromatic rings. The van der Waals surface area contributed by atoms with Crippen molar-refractivity contribution in [3.63, 3.8) is 0 Å². The fraction of sp³-hybridized carbons (Fsp3) is 0.337. The highest BCUT2D eigenvalue weighted by atomic mass is 127. The van der Waals surface area contributed by atoms with Gasteiger partial charge in [-0.2, -0.15) is 0 Å². The number of nitrogens with one attached hydrogen (secondary N) is 7. The zero-order chi connectivity index (χ0) is 96.6. The van der Waals surface area contributed by atoms with Crippen LogP contribution in [0, 0.1) is 5.92 Å². The Kier molecular flexibility index (Phi) is 29.6. The number of carbonyl (C=O) groups is 9. The third kappa shape index (κ3) is 21.1. The van der Waals surface area contributed by atoms with Crippen LogP contribution in [-0.2, 0) is 70.5 Å². The number of fused-ring (bicyclic) bond motifs is 18. The highest BCUT2D eigenvalue weighted by Crippen LogP contribution is 2.51. The zero-order valence-electron chi connectivity index (χ0n) is 72.5. The maximum absolute atomic E-state index is 16.5. The number of phenolic OH excluding ortho intramolecular Hbond substituents is 3. The molecule has 0 saturated carbocycles. The number of aromatic hydroxyl groups is 3. The van der Waals surface area contributed by atoms with Crippen molar-refractivity contribution in [2.24, 2.45) is 11.7 Å². The number of carbonyl (C=O) groups excluding carboxylic acids is 8. The number of carboxylic acid groups (broad SMARTS) is 1. The van der Waals surface area contributed by atoms with Crippen LogP contribution >= 0.6 is 69.0 Å². The van der Waals surface area contributed by atoms with Gasteiger partial charge < -0.3 is 127 Å². The number of carboxylic acids is 1. The van der Waals surface area contributed by atoms with Crippen LogP contribution < -0.4 is 61.9 Å². The molecule has 9 aromatic carbocycles. The van der Waals surface area contributed by atoms with Crippen LogP contribution in [0.4, 0.5) is 4.79 Å². The van der Waals surface area contributed by atoms with Gasteiger partial charge in [-0.1, -0.05) is 168 Å². The summed E-state index contributed by atoms with van der Waals surface area (Å²) in [6.07, 6.45) is -19.3. The number of rotatable bonds is 21. The normalized spacial score (nSPS) is 25.2. The van der Waals surface area contributed by atoms with Crippen molar-refractivity contribution in [2.45, 2.75) is 175 Å². The number of alkyl halides is 1. The van der Waals surface area contributed by atoms with Crippen molar-refractivity contribution in [1.29, 1.82) is 0 Å². The molecule has 1 aliphatic carbocycles. The van der Waals surface area contributed by atoms with Gasteiger partial charge in [0.2, 0.25) is 53.4 Å². The molecule has 710 valence electrons. The zero-order valence-corrected chi connectivity index (χ0v) is 77.6. The SMILES string of the molecule is CC(C)C[C@H](C(=O)N[C@H]1C(=O)N[C@@H](CC(N)=O)C(=O)N[C@H]2C(=O)N[C@H]3C(=O)N[C@H](C(=O)N[C@@H](C(=O)O)c4cc(O)cc(O)c4-c4cc3ccc4O)[C@H](O)c3ccc(c(Cl)c3)Oc3cc2cc(c3OC2OC(CI)C(O)C(O)C2OC2CC(C)(NCc3ccc(OCc4ccc(Cl)c(Cl)c4)cc3)C(O)C(C)O2)Oc2ccc(cc2Cl)[C@H]1O)N(C)C(=O)OCC1c2ccccc2-c2ccccc21. The summed E-state index contributed by atoms with van der Waals surface area (Å²) >= 11 is 28.8. The number of ether oxygens (including phenoxy) is 8. The van der Waals surface area contributed by atoms with Gasteiger partial charge in [-0.05, 0) is 161 Å². The predicted molar refractivity (Wildman–Crippen MR) is 495 cm³/mol. The lowest BCUT2D eigenvalue weighted by Gasteiger charge is -2.48. The molecule has 135 heavy (non-hydrogen) atoms. The largest absolute Gasteiger partial charge is 0.508 e. The highest BCUT2D eigenvalue weighted by Gasteiger charge is 2.53. The highest BCUT2D eigenvalue weighted by molar-refractivity contribution is 14.1. The van der Waals surface area contributed by atoms with E-state index in [1.165, 1.54) is 19.2 Å². The summed E-state index contributed by atoms with van der Waals surface area (Å²) in [5, 5.41) is 125. The van der Waals surface area contributed by atoms with Crippen LogP contribution in [0.5, 0.6) is 51.7 Å². The Morgan fingerprint density at radius 1 is 0.622 bits per heavy atom. The number of nitrogens with two attached hydrogens (primary N) is 1. The van der Waals surface area contributed by atoms with Crippen molar-refractivity contribution in [3.8, 4) is 74.0 Å². The van der Waals surface area contributed by atoms with E-state index < -0.39 is 248 Å². The number of aliphatic hydroxyl groups is 5. The van der Waals surface area contributed by atoms with Gasteiger partial charge in [-0.3, -0.25) is 38.5 Å². The molecule has 35 nitrogen and oxygen atoms in total. The number of likely N-dealkylation sites (N-methyl/N-ethyl adjacent to an activating group) is 1. The lowest BCUT2D eigenvalue weighted by Crippen LogP contribution is -2.65. The molecule has 0 spiro atoms. The van der Waals surface area contributed by atoms with Crippen LogP contribution in [0.2, 0.25) is 20.1 Å². The molecule has 9 unspecified atom stereocenters. The molecule has 40 heteroatoms. The molecule has 0 radical (unpaired) electrons. The van der Waals surface area contributed by atoms with Crippen LogP contribution in [-0.4, -0.2) is 201 Å². The Bertz CT molecular complexity index is 6060. The van der Waals surface area contributed by atoms with Crippen LogP contribution in [0.3, 0.4) is 0 Å². The third-order valence-electron chi connectivity index (χ3n) is 24.4. The average molecular weight is 2050 g/mol. The number of phenols is 3. The molecule has 18 N–H and O–H groups in total. The van der Waals surface area contributed by atoms with Crippen molar-refractivity contribution in [2.75, 3.05) is 18.1 Å². The van der Waals surface area contributed by atoms with Crippen LogP contribution in [0.15, 0.2) is 170 Å². The fourth-order valence-electron chi connectivity index (χ4n) is 17.3. The Hall–Kier alpha value is -11.9. The number of hydrogen-bond acceptors (Lipinski definition) is 26. The first-order chi connectivity index (χ1) is 64.3. The molecule has 8 amide bonds. The number of primary amides is 1. The lowest BCUT2D eigenvalue weighted by atomic mass is 9.84. The molecule has 0 aromatic heterocycles. The summed E-state index contributed by atoms with van der Waals surface area (Å²) in [6, 6.07) is 26.0. The lowest BCUT2D eigenvalue weighted by molar-refractivity contribution is -0.330. The molecule has 2 fully saturated rings. The third-order valence-corrected chi connectivity index (χ3v) is 26.6. The molecule has 2 saturated heterocycles. The molecule has 17 rings (SSSR count). The summed E-state index contributed by atoms with van der Waals surface area (Å²) in [5.74, 6) is -16.6. The van der Waals surface area contributed by atoms with Crippen LogP contribution in [0.1, 0.15) is 133 Å². The van der Waals surface area contributed by atoms with Gasteiger partial charge in [0.15, 0.2) is 29.9 Å². The first-order valence-electron chi connectivity index (χ1n) is 42.8. The number of nitrogens with zero attached hydrogens (tertiary/aromatic N) is 1. The first-order valence-corrected chi connectivity index (χ1v) is 45.8. The molecular formula is C95H94Cl4IN9O26. The van der Waals surface area contributed by atoms with Crippen molar-refractivity contribution in [3.05, 3.63) is 240 Å². The monoisotopic (exact) mass is 2040 g/mol. The van der Waals surface area contributed by atoms with E-state index in [0.717, 1.165) is 105 Å². The van der Waals surface area contributed by atoms with E-state index in [1.807, 2.05) is 83.3 Å². The van der Waals surface area contributed by atoms with Crippen LogP contribution in [0.25, 0.3) is 22.3 Å². The molecule has 7 aliphatic heterocycles. The Labute approximate surface area is 805 Å². The topological polar surface area (TPSA) is 523 Å². The fourth-order valence-corrected chi connectivity index (χ4v) is 18.8.